The quantitative estimate of drug-likeness (QED) is 0.521. The van der Waals surface area contributed by atoms with Crippen molar-refractivity contribution in [1.29, 1.82) is 0 Å². The number of carbonyl (C=O) groups is 1. The highest BCUT2D eigenvalue weighted by molar-refractivity contribution is 6.00. The third-order valence-electron chi connectivity index (χ3n) is 1.64. The SMILES string of the molecule is CC.CC1=CC(=O)C=CC1C. The lowest BCUT2D eigenvalue weighted by molar-refractivity contribution is -0.110. The van der Waals surface area contributed by atoms with Crippen LogP contribution in [-0.4, -0.2) is 5.78 Å². The van der Waals surface area contributed by atoms with Gasteiger partial charge in [0, 0.05) is 0 Å². The van der Waals surface area contributed by atoms with Crippen molar-refractivity contribution < 1.29 is 4.79 Å². The van der Waals surface area contributed by atoms with E-state index in [0.29, 0.717) is 5.92 Å². The highest BCUT2D eigenvalue weighted by Gasteiger charge is 2.06. The largest absolute Gasteiger partial charge is 0.290 e. The van der Waals surface area contributed by atoms with Gasteiger partial charge in [-0.05, 0) is 25.0 Å². The first kappa shape index (κ1) is 10.2. The number of carbonyl (C=O) groups excluding carboxylic acids is 1. The van der Waals surface area contributed by atoms with E-state index < -0.39 is 0 Å². The predicted octanol–water partition coefficient (Wildman–Crippen LogP) is 2.73. The van der Waals surface area contributed by atoms with E-state index in [0.717, 1.165) is 5.57 Å². The van der Waals surface area contributed by atoms with Crippen molar-refractivity contribution in [3.05, 3.63) is 23.8 Å². The molecule has 1 rings (SSSR count). The molecule has 0 amide bonds. The standard InChI is InChI=1S/C8H10O.C2H6/c1-6-3-4-8(9)5-7(6)2;1-2/h3-6H,1-2H3;1-2H3. The topological polar surface area (TPSA) is 17.1 Å². The van der Waals surface area contributed by atoms with Crippen LogP contribution < -0.4 is 0 Å². The van der Waals surface area contributed by atoms with Gasteiger partial charge in [-0.15, -0.1) is 0 Å². The summed E-state index contributed by atoms with van der Waals surface area (Å²) in [5.74, 6) is 0.563. The monoisotopic (exact) mass is 152 g/mol. The lowest BCUT2D eigenvalue weighted by Crippen LogP contribution is -2.01. The number of hydrogen-bond donors (Lipinski definition) is 0. The highest BCUT2D eigenvalue weighted by atomic mass is 16.1. The minimum Gasteiger partial charge on any atom is -0.290 e. The molecular formula is C10H16O. The van der Waals surface area contributed by atoms with Crippen LogP contribution in [0.2, 0.25) is 0 Å². The van der Waals surface area contributed by atoms with Gasteiger partial charge in [0.15, 0.2) is 5.78 Å². The summed E-state index contributed by atoms with van der Waals surface area (Å²) in [5.41, 5.74) is 1.16. The van der Waals surface area contributed by atoms with Gasteiger partial charge in [-0.1, -0.05) is 32.4 Å². The maximum absolute atomic E-state index is 10.7. The van der Waals surface area contributed by atoms with Crippen LogP contribution in [0.15, 0.2) is 23.8 Å². The Morgan fingerprint density at radius 3 is 2.27 bits per heavy atom. The molecule has 0 aromatic carbocycles. The van der Waals surface area contributed by atoms with Gasteiger partial charge in [0.1, 0.15) is 0 Å². The summed E-state index contributed by atoms with van der Waals surface area (Å²) in [6.07, 6.45) is 5.24. The van der Waals surface area contributed by atoms with Gasteiger partial charge in [0.2, 0.25) is 0 Å². The molecule has 0 radical (unpaired) electrons. The minimum absolute atomic E-state index is 0.116. The van der Waals surface area contributed by atoms with E-state index >= 15 is 0 Å². The molecule has 62 valence electrons. The highest BCUT2D eigenvalue weighted by Crippen LogP contribution is 2.14. The fourth-order valence-electron chi connectivity index (χ4n) is 0.795. The molecule has 0 aliphatic heterocycles. The third-order valence-corrected chi connectivity index (χ3v) is 1.64. The predicted molar refractivity (Wildman–Crippen MR) is 48.4 cm³/mol. The van der Waals surface area contributed by atoms with E-state index in [4.69, 9.17) is 0 Å². The van der Waals surface area contributed by atoms with Gasteiger partial charge in [0.25, 0.3) is 0 Å². The van der Waals surface area contributed by atoms with Gasteiger partial charge < -0.3 is 0 Å². The van der Waals surface area contributed by atoms with E-state index in [1.165, 1.54) is 0 Å². The molecule has 1 nitrogen and oxygen atoms in total. The van der Waals surface area contributed by atoms with Crippen molar-refractivity contribution in [2.75, 3.05) is 0 Å². The van der Waals surface area contributed by atoms with Crippen LogP contribution in [0.3, 0.4) is 0 Å². The van der Waals surface area contributed by atoms with E-state index in [1.54, 1.807) is 12.2 Å². The van der Waals surface area contributed by atoms with Crippen LogP contribution in [0.4, 0.5) is 0 Å². The summed E-state index contributed by atoms with van der Waals surface area (Å²) >= 11 is 0. The van der Waals surface area contributed by atoms with Crippen molar-refractivity contribution in [1.82, 2.24) is 0 Å². The molecule has 0 bridgehead atoms. The Hall–Kier alpha value is -0.850. The first-order chi connectivity index (χ1) is 5.20. The van der Waals surface area contributed by atoms with E-state index in [-0.39, 0.29) is 5.78 Å². The molecule has 0 saturated heterocycles. The first-order valence-corrected chi connectivity index (χ1v) is 4.10. The third kappa shape index (κ3) is 3.17. The Morgan fingerprint density at radius 2 is 1.91 bits per heavy atom. The average Bonchev–Trinajstić information content (AvgIpc) is 2.02. The molecule has 0 N–H and O–H groups in total. The summed E-state index contributed by atoms with van der Waals surface area (Å²) in [5, 5.41) is 0. The Kier molecular flexibility index (Phi) is 4.51. The van der Waals surface area contributed by atoms with Crippen molar-refractivity contribution >= 4 is 5.78 Å². The minimum atomic E-state index is 0.116. The van der Waals surface area contributed by atoms with Gasteiger partial charge in [-0.3, -0.25) is 4.79 Å². The molecule has 0 aromatic heterocycles. The smallest absolute Gasteiger partial charge is 0.178 e. The normalized spacial score (nSPS) is 22.0. The Labute approximate surface area is 68.8 Å². The number of ketones is 1. The maximum atomic E-state index is 10.7. The van der Waals surface area contributed by atoms with Crippen molar-refractivity contribution in [3.63, 3.8) is 0 Å². The maximum Gasteiger partial charge on any atom is 0.178 e. The lowest BCUT2D eigenvalue weighted by Gasteiger charge is -2.08. The zero-order chi connectivity index (χ0) is 8.85. The molecule has 0 fully saturated rings. The molecule has 1 heteroatoms. The van der Waals surface area contributed by atoms with Crippen LogP contribution in [0.25, 0.3) is 0 Å². The second-order valence-electron chi connectivity index (χ2n) is 2.44. The second kappa shape index (κ2) is 4.89. The van der Waals surface area contributed by atoms with Crippen LogP contribution in [0.5, 0.6) is 0 Å². The molecular weight excluding hydrogens is 136 g/mol. The molecule has 1 atom stereocenters. The van der Waals surface area contributed by atoms with Crippen LogP contribution in [0, 0.1) is 5.92 Å². The summed E-state index contributed by atoms with van der Waals surface area (Å²) in [6, 6.07) is 0. The van der Waals surface area contributed by atoms with Crippen LogP contribution >= 0.6 is 0 Å². The van der Waals surface area contributed by atoms with E-state index in [9.17, 15) is 4.79 Å². The van der Waals surface area contributed by atoms with Crippen molar-refractivity contribution in [3.8, 4) is 0 Å². The average molecular weight is 152 g/mol. The second-order valence-corrected chi connectivity index (χ2v) is 2.44. The molecule has 0 spiro atoms. The molecule has 0 saturated carbocycles. The lowest BCUT2D eigenvalue weighted by atomic mass is 9.96. The van der Waals surface area contributed by atoms with Crippen LogP contribution in [-0.2, 0) is 4.79 Å². The van der Waals surface area contributed by atoms with Crippen molar-refractivity contribution in [2.24, 2.45) is 5.92 Å². The zero-order valence-corrected chi connectivity index (χ0v) is 7.72. The number of allylic oxidation sites excluding steroid dienone is 4. The van der Waals surface area contributed by atoms with Gasteiger partial charge >= 0.3 is 0 Å². The van der Waals surface area contributed by atoms with E-state index in [2.05, 4.69) is 6.92 Å². The Morgan fingerprint density at radius 1 is 1.36 bits per heavy atom. The molecule has 1 aliphatic carbocycles. The van der Waals surface area contributed by atoms with Gasteiger partial charge in [-0.25, -0.2) is 0 Å². The summed E-state index contributed by atoms with van der Waals surface area (Å²) < 4.78 is 0. The number of hydrogen-bond acceptors (Lipinski definition) is 1. The first-order valence-electron chi connectivity index (χ1n) is 4.10. The Bertz CT molecular complexity index is 187. The molecule has 11 heavy (non-hydrogen) atoms. The van der Waals surface area contributed by atoms with E-state index in [1.807, 2.05) is 26.8 Å². The van der Waals surface area contributed by atoms with Crippen LogP contribution in [0.1, 0.15) is 27.7 Å². The van der Waals surface area contributed by atoms with Gasteiger partial charge in [0.05, 0.1) is 0 Å². The van der Waals surface area contributed by atoms with Gasteiger partial charge in [-0.2, -0.15) is 0 Å². The summed E-state index contributed by atoms with van der Waals surface area (Å²) in [6.45, 7) is 8.06. The molecule has 0 heterocycles. The molecule has 1 unspecified atom stereocenters. The molecule has 1 aliphatic rings. The fourth-order valence-corrected chi connectivity index (χ4v) is 0.795. The van der Waals surface area contributed by atoms with Crippen molar-refractivity contribution in [2.45, 2.75) is 27.7 Å². The summed E-state index contributed by atoms with van der Waals surface area (Å²) in [7, 11) is 0. The fraction of sp³-hybridized carbons (Fsp3) is 0.500. The Balaban J connectivity index is 0.000000461. The molecule has 0 aromatic rings. The number of rotatable bonds is 0. The summed E-state index contributed by atoms with van der Waals surface area (Å²) in [4.78, 5) is 10.7. The zero-order valence-electron chi connectivity index (χ0n) is 7.72.